The zero-order valence-corrected chi connectivity index (χ0v) is 38.5. The van der Waals surface area contributed by atoms with E-state index in [4.69, 9.17) is 15.2 Å². The molecule has 0 bridgehead atoms. The molecule has 6 N–H and O–H groups in total. The van der Waals surface area contributed by atoms with Crippen LogP contribution in [0.4, 0.5) is 23.0 Å². The number of nitrogens with one attached hydrogen (secondary N) is 3. The van der Waals surface area contributed by atoms with Crippen LogP contribution in [0, 0.1) is 21.4 Å². The number of aromatic nitrogens is 3. The number of hydrogen-bond acceptors (Lipinski definition) is 14. The smallest absolute Gasteiger partial charge is 0.312 e. The molecular weight excluding hydrogens is 863 g/mol. The Labute approximate surface area is 384 Å². The van der Waals surface area contributed by atoms with Gasteiger partial charge in [-0.3, -0.25) is 19.8 Å². The summed E-state index contributed by atoms with van der Waals surface area (Å²) in [7, 11) is -4.67. The molecule has 1 amide bonds. The van der Waals surface area contributed by atoms with Gasteiger partial charge in [-0.2, -0.15) is 0 Å². The van der Waals surface area contributed by atoms with Crippen LogP contribution >= 0.6 is 0 Å². The number of piperidine rings is 1. The third-order valence-electron chi connectivity index (χ3n) is 14.4. The highest BCUT2D eigenvalue weighted by Crippen LogP contribution is 2.53. The molecule has 18 heteroatoms. The van der Waals surface area contributed by atoms with Crippen LogP contribution in [0.3, 0.4) is 0 Å². The zero-order valence-electron chi connectivity index (χ0n) is 37.7. The Bertz CT molecular complexity index is 2720. The Morgan fingerprint density at radius 2 is 1.82 bits per heavy atom. The zero-order chi connectivity index (χ0) is 46.4. The molecule has 2 saturated heterocycles. The van der Waals surface area contributed by atoms with Crippen molar-refractivity contribution in [2.45, 2.75) is 101 Å². The fourth-order valence-electron chi connectivity index (χ4n) is 10.5. The largest absolute Gasteiger partial charge is 0.453 e. The third kappa shape index (κ3) is 9.41. The molecule has 2 aliphatic heterocycles. The summed E-state index contributed by atoms with van der Waals surface area (Å²) in [6, 6.07) is 18.9. The number of nitro groups is 1. The van der Waals surface area contributed by atoms with Crippen molar-refractivity contribution in [1.82, 2.24) is 24.6 Å². The topological polar surface area (TPSA) is 231 Å². The minimum Gasteiger partial charge on any atom is -0.453 e. The Hall–Kier alpha value is -5.82. The minimum atomic E-state index is -4.67. The average Bonchev–Trinajstić information content (AvgIpc) is 3.74. The monoisotopic (exact) mass is 921 g/mol. The number of H-pyrrole nitrogens is 1. The molecule has 0 radical (unpaired) electrons. The lowest BCUT2D eigenvalue weighted by molar-refractivity contribution is -0.384. The van der Waals surface area contributed by atoms with Crippen molar-refractivity contribution in [3.63, 3.8) is 0 Å². The van der Waals surface area contributed by atoms with Gasteiger partial charge in [0.15, 0.2) is 11.6 Å². The van der Waals surface area contributed by atoms with Crippen LogP contribution in [0.25, 0.3) is 11.0 Å². The predicted molar refractivity (Wildman–Crippen MR) is 251 cm³/mol. The fraction of sp³-hybridized carbons (Fsp3) is 0.479. The molecule has 0 unspecified atom stereocenters. The molecule has 1 spiro atoms. The number of morpholine rings is 1. The van der Waals surface area contributed by atoms with E-state index in [0.29, 0.717) is 43.6 Å². The Balaban J connectivity index is 0.910. The lowest BCUT2D eigenvalue weighted by atomic mass is 9.59. The maximum absolute atomic E-state index is 14.0. The molecule has 9 rings (SSSR count). The van der Waals surface area contributed by atoms with E-state index in [2.05, 4.69) is 72.9 Å². The second-order valence-corrected chi connectivity index (χ2v) is 21.0. The number of nitrogen functional groups attached to an aromatic ring is 1. The van der Waals surface area contributed by atoms with Gasteiger partial charge in [0.25, 0.3) is 15.9 Å². The molecule has 350 valence electrons. The molecule has 4 aliphatic rings. The van der Waals surface area contributed by atoms with Gasteiger partial charge in [-0.15, -0.1) is 0 Å². The summed E-state index contributed by atoms with van der Waals surface area (Å²) in [5.41, 5.74) is 9.27. The second-order valence-electron chi connectivity index (χ2n) is 19.3. The summed E-state index contributed by atoms with van der Waals surface area (Å²) in [6.07, 6.45) is 9.62. The standard InChI is InChI=1S/C48H59N9O8S/c1-30(2)36-6-4-5-7-37(36)40-29-64-21-20-56(40)34-25-48(26-34)15-18-55(19-16-48)33-8-9-38(41(23-33)65-42-22-32-12-17-50-44(32)53-43(42)49)46(58)54-66(62,63)35-24-39(57(60)61)45(52-28-35)51-27-31-10-13-47(3,59)14-11-31/h4-9,12,17,22-24,28,30-31,34,40,59H,10-11,13-16,18-21,25-27,29H2,1-3H3,(H,51,52)(H,54,58)(H3,49,50,53)/t31-,40-,47-/m1/s1. The van der Waals surface area contributed by atoms with E-state index in [9.17, 15) is 28.4 Å². The molecular formula is C48H59N9O8S. The molecule has 4 fully saturated rings. The van der Waals surface area contributed by atoms with Gasteiger partial charge in [0.1, 0.15) is 16.3 Å². The van der Waals surface area contributed by atoms with Crippen LogP contribution in [0.5, 0.6) is 11.5 Å². The number of benzene rings is 2. The minimum absolute atomic E-state index is 0.0560. The van der Waals surface area contributed by atoms with Crippen LogP contribution in [0.15, 0.2) is 78.0 Å². The lowest BCUT2D eigenvalue weighted by Gasteiger charge is -2.57. The second kappa shape index (κ2) is 18.1. The lowest BCUT2D eigenvalue weighted by Crippen LogP contribution is -2.58. The number of nitrogens with two attached hydrogens (primary N) is 1. The first-order chi connectivity index (χ1) is 31.6. The number of aliphatic hydroxyl groups is 1. The highest BCUT2D eigenvalue weighted by atomic mass is 32.2. The Morgan fingerprint density at radius 1 is 1.06 bits per heavy atom. The summed E-state index contributed by atoms with van der Waals surface area (Å²) in [6.45, 7) is 10.6. The SMILES string of the molecule is CC(C)c1ccccc1[C@H]1COCCN1C1CC2(CCN(c3ccc(C(=O)NS(=O)(=O)c4cnc(NC[C@H]5CC[C@](C)(O)CC5)c([N+](=O)[O-])c4)c(Oc4cc5cc[nH]c5nc4N)c3)CC2)C1. The van der Waals surface area contributed by atoms with Crippen molar-refractivity contribution in [2.75, 3.05) is 55.3 Å². The van der Waals surface area contributed by atoms with E-state index in [1.165, 1.54) is 17.2 Å². The van der Waals surface area contributed by atoms with Crippen molar-refractivity contribution in [3.05, 3.63) is 99.9 Å². The highest BCUT2D eigenvalue weighted by Gasteiger charge is 2.50. The van der Waals surface area contributed by atoms with Crippen molar-refractivity contribution < 1.29 is 32.7 Å². The van der Waals surface area contributed by atoms with Gasteiger partial charge >= 0.3 is 5.69 Å². The number of amides is 1. The Kier molecular flexibility index (Phi) is 12.4. The summed E-state index contributed by atoms with van der Waals surface area (Å²) in [5.74, 6) is -0.230. The van der Waals surface area contributed by atoms with Crippen LogP contribution in [0.1, 0.15) is 106 Å². The van der Waals surface area contributed by atoms with Crippen LogP contribution in [0.2, 0.25) is 0 Å². The molecule has 17 nitrogen and oxygen atoms in total. The van der Waals surface area contributed by atoms with Crippen molar-refractivity contribution in [3.8, 4) is 11.5 Å². The number of hydrogen-bond donors (Lipinski definition) is 5. The van der Waals surface area contributed by atoms with Gasteiger partial charge in [0.2, 0.25) is 5.82 Å². The van der Waals surface area contributed by atoms with E-state index in [1.54, 1.807) is 37.4 Å². The third-order valence-corrected chi connectivity index (χ3v) is 15.7. The van der Waals surface area contributed by atoms with Crippen LogP contribution in [-0.4, -0.2) is 95.2 Å². The van der Waals surface area contributed by atoms with Gasteiger partial charge < -0.3 is 35.5 Å². The first-order valence-corrected chi connectivity index (χ1v) is 24.5. The number of carbonyl (C=O) groups excluding carboxylic acids is 1. The maximum Gasteiger partial charge on any atom is 0.312 e. The fourth-order valence-corrected chi connectivity index (χ4v) is 11.4. The van der Waals surface area contributed by atoms with Gasteiger partial charge in [-0.1, -0.05) is 38.1 Å². The number of ether oxygens (including phenoxy) is 2. The first kappa shape index (κ1) is 45.3. The van der Waals surface area contributed by atoms with Crippen LogP contribution in [-0.2, 0) is 14.8 Å². The summed E-state index contributed by atoms with van der Waals surface area (Å²) >= 11 is 0. The Morgan fingerprint density at radius 3 is 2.56 bits per heavy atom. The molecule has 2 saturated carbocycles. The predicted octanol–water partition coefficient (Wildman–Crippen LogP) is 7.66. The quantitative estimate of drug-likeness (QED) is 0.0564. The average molecular weight is 922 g/mol. The number of anilines is 3. The van der Waals surface area contributed by atoms with Crippen molar-refractivity contribution >= 4 is 50.0 Å². The van der Waals surface area contributed by atoms with Gasteiger partial charge in [-0.05, 0) is 111 Å². The number of rotatable bonds is 13. The van der Waals surface area contributed by atoms with Gasteiger partial charge in [-0.25, -0.2) is 23.1 Å². The van der Waals surface area contributed by atoms with Gasteiger partial charge in [0.05, 0.1) is 41.5 Å². The molecule has 5 aromatic rings. The summed E-state index contributed by atoms with van der Waals surface area (Å²) in [4.78, 5) is 41.4. The maximum atomic E-state index is 14.0. The number of carbonyl (C=O) groups is 1. The number of nitrogens with zero attached hydrogens (tertiary/aromatic N) is 5. The number of sulfonamides is 1. The van der Waals surface area contributed by atoms with E-state index in [1.807, 2.05) is 0 Å². The molecule has 1 atom stereocenters. The van der Waals surface area contributed by atoms with Gasteiger partial charge in [0, 0.05) is 61.6 Å². The number of pyridine rings is 2. The highest BCUT2D eigenvalue weighted by molar-refractivity contribution is 7.90. The number of aromatic amines is 1. The van der Waals surface area contributed by atoms with E-state index in [0.717, 1.165) is 88.1 Å². The molecule has 66 heavy (non-hydrogen) atoms. The van der Waals surface area contributed by atoms with E-state index < -0.39 is 37.0 Å². The number of fused-ring (bicyclic) bond motifs is 1. The molecule has 3 aromatic heterocycles. The summed E-state index contributed by atoms with van der Waals surface area (Å²) < 4.78 is 42.0. The molecule has 2 aromatic carbocycles. The van der Waals surface area contributed by atoms with E-state index >= 15 is 0 Å². The van der Waals surface area contributed by atoms with Crippen molar-refractivity contribution in [2.24, 2.45) is 11.3 Å². The molecule has 5 heterocycles. The normalized spacial score (nSPS) is 22.6. The van der Waals surface area contributed by atoms with Crippen LogP contribution < -0.4 is 25.4 Å². The summed E-state index contributed by atoms with van der Waals surface area (Å²) in [5, 5.41) is 26.2. The van der Waals surface area contributed by atoms with E-state index in [-0.39, 0.29) is 46.1 Å². The van der Waals surface area contributed by atoms with Crippen molar-refractivity contribution in [1.29, 1.82) is 0 Å². The first-order valence-electron chi connectivity index (χ1n) is 23.0. The molecule has 2 aliphatic carbocycles.